The molecule has 0 bridgehead atoms. The van der Waals surface area contributed by atoms with Gasteiger partial charge in [-0.3, -0.25) is 4.79 Å². The summed E-state index contributed by atoms with van der Waals surface area (Å²) in [4.78, 5) is 10.4. The third-order valence-corrected chi connectivity index (χ3v) is 4.42. The zero-order valence-corrected chi connectivity index (χ0v) is 18.0. The quantitative estimate of drug-likeness (QED) is 0.179. The zero-order valence-electron chi connectivity index (χ0n) is 18.0. The van der Waals surface area contributed by atoms with Gasteiger partial charge in [0.2, 0.25) is 0 Å². The van der Waals surface area contributed by atoms with E-state index in [0.717, 1.165) is 44.9 Å². The average molecular weight is 387 g/mol. The molecular formula is C26H42O2. The lowest BCUT2D eigenvalue weighted by Gasteiger charge is -2.00. The van der Waals surface area contributed by atoms with Gasteiger partial charge < -0.3 is 5.11 Å². The monoisotopic (exact) mass is 386 g/mol. The van der Waals surface area contributed by atoms with Gasteiger partial charge in [-0.2, -0.15) is 0 Å². The van der Waals surface area contributed by atoms with Gasteiger partial charge in [0.15, 0.2) is 0 Å². The number of aliphatic carboxylic acids is 1. The minimum Gasteiger partial charge on any atom is -0.481 e. The van der Waals surface area contributed by atoms with Crippen molar-refractivity contribution in [1.82, 2.24) is 0 Å². The van der Waals surface area contributed by atoms with Crippen molar-refractivity contribution in [2.45, 2.75) is 96.8 Å². The molecule has 0 aromatic carbocycles. The molecule has 0 radical (unpaired) electrons. The normalized spacial score (nSPS) is 12.6. The van der Waals surface area contributed by atoms with Gasteiger partial charge in [0.1, 0.15) is 0 Å². The molecule has 158 valence electrons. The second-order valence-corrected chi connectivity index (χ2v) is 7.12. The highest BCUT2D eigenvalue weighted by atomic mass is 16.4. The highest BCUT2D eigenvalue weighted by Gasteiger charge is 1.96. The van der Waals surface area contributed by atoms with Crippen LogP contribution in [-0.4, -0.2) is 11.1 Å². The van der Waals surface area contributed by atoms with Crippen molar-refractivity contribution < 1.29 is 9.90 Å². The standard InChI is InChI=1S/C26H42O2/c1-2-3-4-5-6-7-8-9-10-11-12-13-14-15-16-17-18-19-20-21-22-23-24-25-26(27)28/h3-4,6-7,9-10,12-13,15-16H,2,5,8,11,14,17-25H2,1H3,(H,27,28)/b4-3-,7-6-,10-9-,13-12-,16-15-. The van der Waals surface area contributed by atoms with E-state index < -0.39 is 5.97 Å². The highest BCUT2D eigenvalue weighted by Crippen LogP contribution is 2.10. The maximum atomic E-state index is 10.4. The molecule has 0 amide bonds. The summed E-state index contributed by atoms with van der Waals surface area (Å²) in [6.45, 7) is 2.16. The van der Waals surface area contributed by atoms with Crippen LogP contribution in [-0.2, 0) is 4.79 Å². The van der Waals surface area contributed by atoms with Crippen LogP contribution >= 0.6 is 0 Å². The molecule has 0 spiro atoms. The minimum absolute atomic E-state index is 0.323. The summed E-state index contributed by atoms with van der Waals surface area (Å²) < 4.78 is 0. The molecule has 0 aliphatic rings. The van der Waals surface area contributed by atoms with E-state index in [4.69, 9.17) is 5.11 Å². The second kappa shape index (κ2) is 23.2. The number of rotatable bonds is 19. The summed E-state index contributed by atoms with van der Waals surface area (Å²) in [6.07, 6.45) is 37.2. The van der Waals surface area contributed by atoms with E-state index >= 15 is 0 Å². The number of hydrogen-bond donors (Lipinski definition) is 1. The summed E-state index contributed by atoms with van der Waals surface area (Å²) in [5.74, 6) is -0.669. The lowest BCUT2D eigenvalue weighted by atomic mass is 10.1. The largest absolute Gasteiger partial charge is 0.481 e. The summed E-state index contributed by atoms with van der Waals surface area (Å²) in [5, 5.41) is 8.57. The Labute approximate surface area is 173 Å². The summed E-state index contributed by atoms with van der Waals surface area (Å²) in [5.41, 5.74) is 0. The van der Waals surface area contributed by atoms with Gasteiger partial charge in [0.25, 0.3) is 0 Å². The Hall–Kier alpha value is -1.83. The summed E-state index contributed by atoms with van der Waals surface area (Å²) >= 11 is 0. The molecule has 0 rings (SSSR count). The van der Waals surface area contributed by atoms with Crippen LogP contribution < -0.4 is 0 Å². The molecule has 0 aliphatic carbocycles. The third-order valence-electron chi connectivity index (χ3n) is 4.42. The Morgan fingerprint density at radius 3 is 1.43 bits per heavy atom. The maximum absolute atomic E-state index is 10.4. The molecule has 0 aromatic heterocycles. The first-order valence-corrected chi connectivity index (χ1v) is 11.2. The fourth-order valence-corrected chi connectivity index (χ4v) is 2.79. The van der Waals surface area contributed by atoms with E-state index in [1.165, 1.54) is 38.5 Å². The molecule has 0 unspecified atom stereocenters. The molecule has 0 heterocycles. The molecule has 0 saturated carbocycles. The summed E-state index contributed by atoms with van der Waals surface area (Å²) in [7, 11) is 0. The van der Waals surface area contributed by atoms with Crippen LogP contribution in [0.5, 0.6) is 0 Å². The van der Waals surface area contributed by atoms with Crippen molar-refractivity contribution >= 4 is 5.97 Å². The van der Waals surface area contributed by atoms with Gasteiger partial charge in [-0.25, -0.2) is 0 Å². The number of carboxylic acid groups (broad SMARTS) is 1. The molecule has 1 N–H and O–H groups in total. The Morgan fingerprint density at radius 1 is 0.571 bits per heavy atom. The first-order chi connectivity index (χ1) is 13.8. The highest BCUT2D eigenvalue weighted by molar-refractivity contribution is 5.66. The van der Waals surface area contributed by atoms with Crippen LogP contribution in [0.25, 0.3) is 0 Å². The second-order valence-electron chi connectivity index (χ2n) is 7.12. The third kappa shape index (κ3) is 24.2. The molecule has 28 heavy (non-hydrogen) atoms. The van der Waals surface area contributed by atoms with Crippen LogP contribution in [0.4, 0.5) is 0 Å². The molecule has 0 atom stereocenters. The number of hydrogen-bond acceptors (Lipinski definition) is 1. The predicted molar refractivity (Wildman–Crippen MR) is 124 cm³/mol. The molecule has 0 saturated heterocycles. The van der Waals surface area contributed by atoms with Crippen molar-refractivity contribution in [2.24, 2.45) is 0 Å². The summed E-state index contributed by atoms with van der Waals surface area (Å²) in [6, 6.07) is 0. The van der Waals surface area contributed by atoms with Crippen LogP contribution in [0.2, 0.25) is 0 Å². The SMILES string of the molecule is CC/C=C\C/C=C\C/C=C\C/C=C\C/C=C\CCCCCCCCCC(=O)O. The van der Waals surface area contributed by atoms with Crippen molar-refractivity contribution in [3.8, 4) is 0 Å². The smallest absolute Gasteiger partial charge is 0.303 e. The first kappa shape index (κ1) is 26.2. The zero-order chi connectivity index (χ0) is 20.5. The molecule has 0 aromatic rings. The van der Waals surface area contributed by atoms with Gasteiger partial charge in [-0.15, -0.1) is 0 Å². The lowest BCUT2D eigenvalue weighted by molar-refractivity contribution is -0.137. The average Bonchev–Trinajstić information content (AvgIpc) is 2.68. The Balaban J connectivity index is 3.35. The number of carbonyl (C=O) groups is 1. The number of unbranched alkanes of at least 4 members (excludes halogenated alkanes) is 7. The van der Waals surface area contributed by atoms with Crippen LogP contribution in [0.3, 0.4) is 0 Å². The lowest BCUT2D eigenvalue weighted by Crippen LogP contribution is -1.93. The van der Waals surface area contributed by atoms with E-state index in [2.05, 4.69) is 67.7 Å². The van der Waals surface area contributed by atoms with E-state index in [1.807, 2.05) is 0 Å². The van der Waals surface area contributed by atoms with Crippen LogP contribution in [0.15, 0.2) is 60.8 Å². The number of allylic oxidation sites excluding steroid dienone is 10. The van der Waals surface area contributed by atoms with Gasteiger partial charge in [0.05, 0.1) is 0 Å². The molecule has 2 heteroatoms. The Morgan fingerprint density at radius 2 is 0.964 bits per heavy atom. The molecular weight excluding hydrogens is 344 g/mol. The predicted octanol–water partition coefficient (Wildman–Crippen LogP) is 8.33. The van der Waals surface area contributed by atoms with E-state index in [1.54, 1.807) is 0 Å². The Kier molecular flexibility index (Phi) is 21.7. The van der Waals surface area contributed by atoms with Crippen LogP contribution in [0.1, 0.15) is 96.8 Å². The molecule has 2 nitrogen and oxygen atoms in total. The fourth-order valence-electron chi connectivity index (χ4n) is 2.79. The van der Waals surface area contributed by atoms with Gasteiger partial charge in [0, 0.05) is 6.42 Å². The van der Waals surface area contributed by atoms with Crippen molar-refractivity contribution in [3.05, 3.63) is 60.8 Å². The van der Waals surface area contributed by atoms with E-state index in [9.17, 15) is 4.79 Å². The van der Waals surface area contributed by atoms with E-state index in [-0.39, 0.29) is 0 Å². The van der Waals surface area contributed by atoms with Gasteiger partial charge in [-0.1, -0.05) is 99.8 Å². The van der Waals surface area contributed by atoms with Crippen molar-refractivity contribution in [1.29, 1.82) is 0 Å². The van der Waals surface area contributed by atoms with Gasteiger partial charge in [-0.05, 0) is 51.4 Å². The first-order valence-electron chi connectivity index (χ1n) is 11.2. The van der Waals surface area contributed by atoms with Gasteiger partial charge >= 0.3 is 5.97 Å². The Bertz CT molecular complexity index is 481. The van der Waals surface area contributed by atoms with Crippen molar-refractivity contribution in [2.75, 3.05) is 0 Å². The molecule has 0 aliphatic heterocycles. The maximum Gasteiger partial charge on any atom is 0.303 e. The van der Waals surface area contributed by atoms with E-state index in [0.29, 0.717) is 6.42 Å². The fraction of sp³-hybridized carbons (Fsp3) is 0.577. The minimum atomic E-state index is -0.669. The number of carboxylic acids is 1. The van der Waals surface area contributed by atoms with Crippen molar-refractivity contribution in [3.63, 3.8) is 0 Å². The van der Waals surface area contributed by atoms with Crippen LogP contribution in [0, 0.1) is 0 Å². The topological polar surface area (TPSA) is 37.3 Å². The molecule has 0 fully saturated rings.